The highest BCUT2D eigenvalue weighted by atomic mass is 35.5. The minimum absolute atomic E-state index is 0.274. The molecular formula is C11H8ClF2N3S. The van der Waals surface area contributed by atoms with Gasteiger partial charge >= 0.3 is 0 Å². The Morgan fingerprint density at radius 3 is 2.56 bits per heavy atom. The maximum atomic E-state index is 12.4. The molecule has 0 bridgehead atoms. The molecule has 1 N–H and O–H groups in total. The summed E-state index contributed by atoms with van der Waals surface area (Å²) in [4.78, 5) is 0.448. The molecule has 94 valence electrons. The van der Waals surface area contributed by atoms with Crippen molar-refractivity contribution < 1.29 is 8.78 Å². The minimum atomic E-state index is -2.47. The average molecular weight is 288 g/mol. The van der Waals surface area contributed by atoms with Crippen LogP contribution >= 0.6 is 23.4 Å². The third-order valence-electron chi connectivity index (χ3n) is 2.00. The number of anilines is 2. The number of aromatic nitrogens is 2. The number of hydrogen-bond donors (Lipinski definition) is 1. The van der Waals surface area contributed by atoms with E-state index >= 15 is 0 Å². The van der Waals surface area contributed by atoms with E-state index in [9.17, 15) is 8.78 Å². The number of halogens is 3. The molecule has 0 spiro atoms. The molecule has 7 heteroatoms. The number of benzene rings is 1. The summed E-state index contributed by atoms with van der Waals surface area (Å²) in [6.45, 7) is 0. The van der Waals surface area contributed by atoms with Crippen molar-refractivity contribution in [2.45, 2.75) is 10.7 Å². The van der Waals surface area contributed by atoms with Crippen LogP contribution in [0.4, 0.5) is 20.3 Å². The lowest BCUT2D eigenvalue weighted by Gasteiger charge is -2.09. The Morgan fingerprint density at radius 2 is 1.89 bits per heavy atom. The van der Waals surface area contributed by atoms with Crippen LogP contribution in [0.3, 0.4) is 0 Å². The van der Waals surface area contributed by atoms with Crippen molar-refractivity contribution in [3.8, 4) is 0 Å². The molecule has 2 rings (SSSR count). The lowest BCUT2D eigenvalue weighted by molar-refractivity contribution is 0.252. The molecular weight excluding hydrogens is 280 g/mol. The molecule has 0 fully saturated rings. The van der Waals surface area contributed by atoms with Crippen LogP contribution in [0.15, 0.2) is 41.3 Å². The van der Waals surface area contributed by atoms with Gasteiger partial charge in [-0.25, -0.2) is 0 Å². The van der Waals surface area contributed by atoms with Gasteiger partial charge in [0.1, 0.15) is 0 Å². The fourth-order valence-electron chi connectivity index (χ4n) is 1.29. The van der Waals surface area contributed by atoms with Crippen molar-refractivity contribution in [2.75, 3.05) is 5.32 Å². The average Bonchev–Trinajstić information content (AvgIpc) is 2.34. The van der Waals surface area contributed by atoms with E-state index in [0.29, 0.717) is 28.2 Å². The number of nitrogens with one attached hydrogen (secondary N) is 1. The highest BCUT2D eigenvalue weighted by Crippen LogP contribution is 2.32. The Balaban J connectivity index is 2.20. The quantitative estimate of drug-likeness (QED) is 0.856. The SMILES string of the molecule is FC(F)Sc1ccccc1Nc1ccc(Cl)nn1. The number of alkyl halides is 2. The zero-order chi connectivity index (χ0) is 13.0. The molecule has 0 aliphatic rings. The lowest BCUT2D eigenvalue weighted by Crippen LogP contribution is -1.97. The molecule has 3 nitrogen and oxygen atoms in total. The maximum absolute atomic E-state index is 12.4. The van der Waals surface area contributed by atoms with E-state index in [4.69, 9.17) is 11.6 Å². The number of hydrogen-bond acceptors (Lipinski definition) is 4. The van der Waals surface area contributed by atoms with Crippen LogP contribution in [0.2, 0.25) is 5.15 Å². The Kier molecular flexibility index (Phi) is 4.33. The van der Waals surface area contributed by atoms with Gasteiger partial charge in [0.05, 0.1) is 5.69 Å². The second-order valence-corrected chi connectivity index (χ2v) is 4.66. The van der Waals surface area contributed by atoms with Crippen LogP contribution < -0.4 is 5.32 Å². The molecule has 1 aromatic heterocycles. The van der Waals surface area contributed by atoms with E-state index in [0.717, 1.165) is 0 Å². The molecule has 18 heavy (non-hydrogen) atoms. The molecule has 1 heterocycles. The molecule has 0 aliphatic heterocycles. The first kappa shape index (κ1) is 13.0. The van der Waals surface area contributed by atoms with Crippen molar-refractivity contribution in [3.05, 3.63) is 41.6 Å². The lowest BCUT2D eigenvalue weighted by atomic mass is 10.3. The summed E-state index contributed by atoms with van der Waals surface area (Å²) in [7, 11) is 0. The van der Waals surface area contributed by atoms with E-state index < -0.39 is 5.76 Å². The van der Waals surface area contributed by atoms with Gasteiger partial charge in [0.2, 0.25) is 0 Å². The van der Waals surface area contributed by atoms with E-state index in [-0.39, 0.29) is 5.15 Å². The molecule has 0 saturated carbocycles. The van der Waals surface area contributed by atoms with E-state index in [1.165, 1.54) is 0 Å². The molecule has 0 radical (unpaired) electrons. The van der Waals surface area contributed by atoms with Crippen LogP contribution in [0.25, 0.3) is 0 Å². The molecule has 0 amide bonds. The molecule has 2 aromatic rings. The van der Waals surface area contributed by atoms with Crippen molar-refractivity contribution in [1.82, 2.24) is 10.2 Å². The molecule has 0 aliphatic carbocycles. The summed E-state index contributed by atoms with van der Waals surface area (Å²) in [5.74, 6) is -2.02. The first-order valence-corrected chi connectivity index (χ1v) is 6.21. The summed E-state index contributed by atoms with van der Waals surface area (Å²) in [6.07, 6.45) is 0. The normalized spacial score (nSPS) is 10.7. The third kappa shape index (κ3) is 3.54. The standard InChI is InChI=1S/C11H8ClF2N3S/c12-9-5-6-10(17-16-9)15-7-3-1-2-4-8(7)18-11(13)14/h1-6,11H,(H,15,17). The van der Waals surface area contributed by atoms with Crippen LogP contribution in [0, 0.1) is 0 Å². The van der Waals surface area contributed by atoms with Gasteiger partial charge < -0.3 is 5.32 Å². The zero-order valence-corrected chi connectivity index (χ0v) is 10.6. The molecule has 0 atom stereocenters. The fourth-order valence-corrected chi connectivity index (χ4v) is 1.99. The molecule has 1 aromatic carbocycles. The first-order valence-electron chi connectivity index (χ1n) is 4.95. The Bertz CT molecular complexity index is 522. The summed E-state index contributed by atoms with van der Waals surface area (Å²) in [5.41, 5.74) is 0.555. The fraction of sp³-hybridized carbons (Fsp3) is 0.0909. The topological polar surface area (TPSA) is 37.8 Å². The van der Waals surface area contributed by atoms with Gasteiger partial charge in [-0.1, -0.05) is 35.5 Å². The van der Waals surface area contributed by atoms with Crippen LogP contribution in [0.5, 0.6) is 0 Å². The van der Waals surface area contributed by atoms with Crippen molar-refractivity contribution >= 4 is 34.9 Å². The summed E-state index contributed by atoms with van der Waals surface area (Å²) >= 11 is 6.09. The molecule has 0 unspecified atom stereocenters. The van der Waals surface area contributed by atoms with Crippen molar-refractivity contribution in [2.24, 2.45) is 0 Å². The van der Waals surface area contributed by atoms with Gasteiger partial charge in [0.15, 0.2) is 11.0 Å². The maximum Gasteiger partial charge on any atom is 0.288 e. The summed E-state index contributed by atoms with van der Waals surface area (Å²) < 4.78 is 24.8. The van der Waals surface area contributed by atoms with Crippen molar-refractivity contribution in [3.63, 3.8) is 0 Å². The predicted molar refractivity (Wildman–Crippen MR) is 68.6 cm³/mol. The van der Waals surface area contributed by atoms with E-state index in [1.54, 1.807) is 36.4 Å². The Labute approximate surface area is 112 Å². The van der Waals surface area contributed by atoms with E-state index in [2.05, 4.69) is 15.5 Å². The monoisotopic (exact) mass is 287 g/mol. The minimum Gasteiger partial charge on any atom is -0.338 e. The van der Waals surface area contributed by atoms with Gasteiger partial charge in [0, 0.05) is 4.90 Å². The third-order valence-corrected chi connectivity index (χ3v) is 2.99. The van der Waals surface area contributed by atoms with Crippen LogP contribution in [-0.4, -0.2) is 16.0 Å². The summed E-state index contributed by atoms with van der Waals surface area (Å²) in [5, 5.41) is 10.7. The van der Waals surface area contributed by atoms with Crippen molar-refractivity contribution in [1.29, 1.82) is 0 Å². The van der Waals surface area contributed by atoms with Gasteiger partial charge in [-0.2, -0.15) is 8.78 Å². The van der Waals surface area contributed by atoms with Gasteiger partial charge in [-0.3, -0.25) is 0 Å². The van der Waals surface area contributed by atoms with Crippen LogP contribution in [-0.2, 0) is 0 Å². The van der Waals surface area contributed by atoms with E-state index in [1.807, 2.05) is 0 Å². The van der Waals surface area contributed by atoms with Crippen LogP contribution in [0.1, 0.15) is 0 Å². The Morgan fingerprint density at radius 1 is 1.11 bits per heavy atom. The first-order chi connectivity index (χ1) is 8.65. The highest BCUT2D eigenvalue weighted by Gasteiger charge is 2.10. The largest absolute Gasteiger partial charge is 0.338 e. The molecule has 0 saturated heterocycles. The zero-order valence-electron chi connectivity index (χ0n) is 8.98. The number of rotatable bonds is 4. The smallest absolute Gasteiger partial charge is 0.288 e. The Hall–Kier alpha value is -1.40. The van der Waals surface area contributed by atoms with Gasteiger partial charge in [-0.05, 0) is 24.3 Å². The second kappa shape index (κ2) is 5.97. The summed E-state index contributed by atoms with van der Waals surface area (Å²) in [6, 6.07) is 9.95. The number of nitrogens with zero attached hydrogens (tertiary/aromatic N) is 2. The van der Waals surface area contributed by atoms with Gasteiger partial charge in [0.25, 0.3) is 5.76 Å². The number of para-hydroxylation sites is 1. The second-order valence-electron chi connectivity index (χ2n) is 3.24. The number of thioether (sulfide) groups is 1. The highest BCUT2D eigenvalue weighted by molar-refractivity contribution is 7.99. The van der Waals surface area contributed by atoms with Gasteiger partial charge in [-0.15, -0.1) is 10.2 Å². The predicted octanol–water partition coefficient (Wildman–Crippen LogP) is 4.19.